The summed E-state index contributed by atoms with van der Waals surface area (Å²) in [4.78, 5) is 4.07. The summed E-state index contributed by atoms with van der Waals surface area (Å²) in [7, 11) is 0. The first kappa shape index (κ1) is 10.5. The molecule has 2 unspecified atom stereocenters. The lowest BCUT2D eigenvalue weighted by molar-refractivity contribution is 0.133. The van der Waals surface area contributed by atoms with Crippen molar-refractivity contribution in [3.8, 4) is 0 Å². The summed E-state index contributed by atoms with van der Waals surface area (Å²) in [5.41, 5.74) is 3.79. The number of pyridine rings is 1. The Morgan fingerprint density at radius 3 is 2.88 bits per heavy atom. The second-order valence-corrected chi connectivity index (χ2v) is 4.64. The Bertz CT molecular complexity index is 509. The van der Waals surface area contributed by atoms with Gasteiger partial charge in [-0.15, -0.1) is 0 Å². The van der Waals surface area contributed by atoms with Crippen LogP contribution in [0.4, 0.5) is 0 Å². The van der Waals surface area contributed by atoms with Gasteiger partial charge in [0.1, 0.15) is 0 Å². The topological polar surface area (TPSA) is 33.1 Å². The first-order valence-corrected chi connectivity index (χ1v) is 5.99. The van der Waals surface area contributed by atoms with Gasteiger partial charge in [-0.3, -0.25) is 4.98 Å². The molecular formula is C15H15NO. The molecule has 1 aliphatic rings. The summed E-state index contributed by atoms with van der Waals surface area (Å²) in [6, 6.07) is 12.3. The Labute approximate surface area is 101 Å². The fraction of sp³-hybridized carbons (Fsp3) is 0.267. The molecule has 86 valence electrons. The minimum atomic E-state index is -0.297. The molecule has 0 saturated carbocycles. The van der Waals surface area contributed by atoms with E-state index in [2.05, 4.69) is 23.2 Å². The smallest absolute Gasteiger partial charge is 0.0652 e. The maximum atomic E-state index is 10.2. The summed E-state index contributed by atoms with van der Waals surface area (Å²) < 4.78 is 0. The second kappa shape index (κ2) is 4.30. The summed E-state index contributed by atoms with van der Waals surface area (Å²) in [6.07, 6.45) is 4.97. The van der Waals surface area contributed by atoms with E-state index in [4.69, 9.17) is 0 Å². The van der Waals surface area contributed by atoms with Crippen molar-refractivity contribution in [3.05, 3.63) is 65.5 Å². The van der Waals surface area contributed by atoms with Gasteiger partial charge in [-0.25, -0.2) is 0 Å². The molecular weight excluding hydrogens is 210 g/mol. The van der Waals surface area contributed by atoms with E-state index in [1.807, 2.05) is 24.4 Å². The normalized spacial score (nSPS) is 19.2. The van der Waals surface area contributed by atoms with Crippen LogP contribution in [0, 0.1) is 0 Å². The first-order valence-electron chi connectivity index (χ1n) is 5.99. The molecule has 3 rings (SSSR count). The summed E-state index contributed by atoms with van der Waals surface area (Å²) in [5, 5.41) is 10.2. The van der Waals surface area contributed by atoms with Crippen LogP contribution >= 0.6 is 0 Å². The van der Waals surface area contributed by atoms with Crippen LogP contribution in [0.1, 0.15) is 22.6 Å². The minimum Gasteiger partial charge on any atom is -0.392 e. The third-order valence-electron chi connectivity index (χ3n) is 3.53. The quantitative estimate of drug-likeness (QED) is 0.869. The second-order valence-electron chi connectivity index (χ2n) is 4.64. The molecule has 17 heavy (non-hydrogen) atoms. The molecule has 2 aromatic rings. The molecule has 1 aromatic heterocycles. The first-order chi connectivity index (χ1) is 8.34. The van der Waals surface area contributed by atoms with Crippen LogP contribution < -0.4 is 0 Å². The zero-order chi connectivity index (χ0) is 11.7. The number of aliphatic hydroxyl groups excluding tert-OH is 1. The lowest BCUT2D eigenvalue weighted by Crippen LogP contribution is -2.30. The molecule has 0 amide bonds. The average molecular weight is 225 g/mol. The number of rotatable bonds is 3. The van der Waals surface area contributed by atoms with Crippen molar-refractivity contribution in [2.75, 3.05) is 0 Å². The van der Waals surface area contributed by atoms with Gasteiger partial charge in [0.15, 0.2) is 0 Å². The van der Waals surface area contributed by atoms with E-state index in [0.29, 0.717) is 12.3 Å². The number of hydrogen-bond acceptors (Lipinski definition) is 2. The van der Waals surface area contributed by atoms with Crippen molar-refractivity contribution in [1.82, 2.24) is 4.98 Å². The van der Waals surface area contributed by atoms with Crippen molar-refractivity contribution in [1.29, 1.82) is 0 Å². The van der Waals surface area contributed by atoms with Crippen LogP contribution in [0.2, 0.25) is 0 Å². The van der Waals surface area contributed by atoms with Crippen LogP contribution in [0.15, 0.2) is 48.8 Å². The molecule has 2 heteroatoms. The summed E-state index contributed by atoms with van der Waals surface area (Å²) in [6.45, 7) is 0. The Hall–Kier alpha value is -1.67. The zero-order valence-electron chi connectivity index (χ0n) is 9.58. The third kappa shape index (κ3) is 1.96. The van der Waals surface area contributed by atoms with Gasteiger partial charge in [0, 0.05) is 24.7 Å². The number of nitrogens with zero attached hydrogens (tertiary/aromatic N) is 1. The van der Waals surface area contributed by atoms with Crippen LogP contribution in [0.5, 0.6) is 0 Å². The molecule has 1 aromatic carbocycles. The minimum absolute atomic E-state index is 0.297. The molecule has 2 atom stereocenters. The predicted molar refractivity (Wildman–Crippen MR) is 66.8 cm³/mol. The molecule has 0 fully saturated rings. The number of fused-ring (bicyclic) bond motifs is 1. The van der Waals surface area contributed by atoms with E-state index in [1.54, 1.807) is 6.20 Å². The fourth-order valence-electron chi connectivity index (χ4n) is 2.54. The molecule has 2 nitrogen and oxygen atoms in total. The Kier molecular flexibility index (Phi) is 2.65. The van der Waals surface area contributed by atoms with E-state index in [-0.39, 0.29) is 6.10 Å². The van der Waals surface area contributed by atoms with Gasteiger partial charge in [0.05, 0.1) is 6.10 Å². The van der Waals surface area contributed by atoms with Gasteiger partial charge in [-0.1, -0.05) is 30.3 Å². The zero-order valence-corrected chi connectivity index (χ0v) is 9.58. The lowest BCUT2D eigenvalue weighted by atomic mass is 9.73. The SMILES string of the molecule is OC(Cc1cccnc1)C1Cc2ccccc21. The fourth-order valence-corrected chi connectivity index (χ4v) is 2.54. The van der Waals surface area contributed by atoms with Crippen LogP contribution in [-0.2, 0) is 12.8 Å². The third-order valence-corrected chi connectivity index (χ3v) is 3.53. The summed E-state index contributed by atoms with van der Waals surface area (Å²) >= 11 is 0. The largest absolute Gasteiger partial charge is 0.392 e. The van der Waals surface area contributed by atoms with Crippen molar-refractivity contribution in [2.45, 2.75) is 24.9 Å². The molecule has 0 radical (unpaired) electrons. The maximum absolute atomic E-state index is 10.2. The highest BCUT2D eigenvalue weighted by Crippen LogP contribution is 2.38. The highest BCUT2D eigenvalue weighted by atomic mass is 16.3. The number of benzene rings is 1. The van der Waals surface area contributed by atoms with Crippen molar-refractivity contribution < 1.29 is 5.11 Å². The highest BCUT2D eigenvalue weighted by Gasteiger charge is 2.31. The average Bonchev–Trinajstić information content (AvgIpc) is 2.32. The van der Waals surface area contributed by atoms with E-state index in [0.717, 1.165) is 12.0 Å². The van der Waals surface area contributed by atoms with Crippen molar-refractivity contribution in [2.24, 2.45) is 0 Å². The number of aliphatic hydroxyl groups is 1. The van der Waals surface area contributed by atoms with Gasteiger partial charge < -0.3 is 5.11 Å². The standard InChI is InChI=1S/C15H15NO/c17-15(8-11-4-3-7-16-10-11)14-9-12-5-1-2-6-13(12)14/h1-7,10,14-15,17H,8-9H2. The molecule has 1 heterocycles. The number of aromatic nitrogens is 1. The van der Waals surface area contributed by atoms with Gasteiger partial charge in [0.2, 0.25) is 0 Å². The lowest BCUT2D eigenvalue weighted by Gasteiger charge is -2.33. The van der Waals surface area contributed by atoms with Crippen LogP contribution in [0.25, 0.3) is 0 Å². The van der Waals surface area contributed by atoms with Gasteiger partial charge >= 0.3 is 0 Å². The molecule has 1 N–H and O–H groups in total. The Morgan fingerprint density at radius 2 is 2.12 bits per heavy atom. The van der Waals surface area contributed by atoms with Crippen molar-refractivity contribution in [3.63, 3.8) is 0 Å². The van der Waals surface area contributed by atoms with E-state index in [9.17, 15) is 5.11 Å². The van der Waals surface area contributed by atoms with E-state index < -0.39 is 0 Å². The Balaban J connectivity index is 1.72. The molecule has 0 bridgehead atoms. The van der Waals surface area contributed by atoms with Gasteiger partial charge in [-0.2, -0.15) is 0 Å². The molecule has 0 saturated heterocycles. The molecule has 1 aliphatic carbocycles. The number of hydrogen-bond donors (Lipinski definition) is 1. The van der Waals surface area contributed by atoms with Crippen LogP contribution in [0.3, 0.4) is 0 Å². The Morgan fingerprint density at radius 1 is 1.24 bits per heavy atom. The maximum Gasteiger partial charge on any atom is 0.0652 e. The summed E-state index contributed by atoms with van der Waals surface area (Å²) in [5.74, 6) is 0.298. The van der Waals surface area contributed by atoms with Crippen LogP contribution in [-0.4, -0.2) is 16.2 Å². The molecule has 0 aliphatic heterocycles. The van der Waals surface area contributed by atoms with Gasteiger partial charge in [-0.05, 0) is 29.2 Å². The van der Waals surface area contributed by atoms with E-state index in [1.165, 1.54) is 11.1 Å². The molecule has 0 spiro atoms. The van der Waals surface area contributed by atoms with Crippen molar-refractivity contribution >= 4 is 0 Å². The van der Waals surface area contributed by atoms with Gasteiger partial charge in [0.25, 0.3) is 0 Å². The predicted octanol–water partition coefficient (Wildman–Crippen LogP) is 2.32. The monoisotopic (exact) mass is 225 g/mol. The van der Waals surface area contributed by atoms with E-state index >= 15 is 0 Å². The highest BCUT2D eigenvalue weighted by molar-refractivity contribution is 5.41.